The average molecular weight is 250 g/mol. The predicted octanol–water partition coefficient (Wildman–Crippen LogP) is 0.185. The van der Waals surface area contributed by atoms with Crippen molar-refractivity contribution in [3.8, 4) is 6.07 Å². The Bertz CT molecular complexity index is 332. The van der Waals surface area contributed by atoms with Crippen LogP contribution in [0.1, 0.15) is 25.7 Å². The molecule has 2 aliphatic heterocycles. The van der Waals surface area contributed by atoms with Crippen molar-refractivity contribution in [3.63, 3.8) is 0 Å². The van der Waals surface area contributed by atoms with Gasteiger partial charge in [-0.1, -0.05) is 0 Å². The molecule has 5 heteroatoms. The first-order chi connectivity index (χ1) is 8.74. The fourth-order valence-corrected chi connectivity index (χ4v) is 2.99. The smallest absolute Gasteiger partial charge is 0.239 e. The summed E-state index contributed by atoms with van der Waals surface area (Å²) < 4.78 is 0. The van der Waals surface area contributed by atoms with Gasteiger partial charge in [0.1, 0.15) is 0 Å². The van der Waals surface area contributed by atoms with Crippen LogP contribution in [0.4, 0.5) is 0 Å². The number of nitrogens with one attached hydrogen (secondary N) is 1. The van der Waals surface area contributed by atoms with Crippen LogP contribution in [0.2, 0.25) is 0 Å². The molecule has 18 heavy (non-hydrogen) atoms. The highest BCUT2D eigenvalue weighted by atomic mass is 16.2. The van der Waals surface area contributed by atoms with Gasteiger partial charge in [0.2, 0.25) is 5.91 Å². The second-order valence-electron chi connectivity index (χ2n) is 5.22. The van der Waals surface area contributed by atoms with Gasteiger partial charge in [-0.2, -0.15) is 5.26 Å². The molecule has 2 fully saturated rings. The van der Waals surface area contributed by atoms with E-state index >= 15 is 0 Å². The van der Waals surface area contributed by atoms with Crippen LogP contribution in [-0.2, 0) is 4.79 Å². The van der Waals surface area contributed by atoms with Crippen molar-refractivity contribution in [2.75, 3.05) is 33.2 Å². The van der Waals surface area contributed by atoms with E-state index in [1.54, 1.807) is 0 Å². The molecule has 0 saturated carbocycles. The minimum absolute atomic E-state index is 0.0652. The molecular weight excluding hydrogens is 228 g/mol. The van der Waals surface area contributed by atoms with Gasteiger partial charge in [0.05, 0.1) is 18.7 Å². The Labute approximate surface area is 109 Å². The Morgan fingerprint density at radius 1 is 1.44 bits per heavy atom. The van der Waals surface area contributed by atoms with Crippen LogP contribution in [0.15, 0.2) is 0 Å². The van der Waals surface area contributed by atoms with E-state index in [-0.39, 0.29) is 11.9 Å². The van der Waals surface area contributed by atoms with Crippen molar-refractivity contribution in [1.29, 1.82) is 5.26 Å². The lowest BCUT2D eigenvalue weighted by Crippen LogP contribution is -2.50. The van der Waals surface area contributed by atoms with Crippen LogP contribution >= 0.6 is 0 Å². The normalized spacial score (nSPS) is 25.9. The summed E-state index contributed by atoms with van der Waals surface area (Å²) in [5.74, 6) is 0.203. The number of carbonyl (C=O) groups excluding carboxylic acids is 1. The molecule has 0 bridgehead atoms. The standard InChI is InChI=1S/C13H22N4O/c1-16(11-4-7-15-8-5-11)13(18)12-3-2-9-17(12)10-6-14/h11-12,15H,2-5,7-10H2,1H3. The average Bonchev–Trinajstić information content (AvgIpc) is 2.87. The van der Waals surface area contributed by atoms with Gasteiger partial charge in [0, 0.05) is 19.6 Å². The first-order valence-corrected chi connectivity index (χ1v) is 6.82. The molecule has 1 amide bonds. The molecule has 2 aliphatic rings. The van der Waals surface area contributed by atoms with Gasteiger partial charge in [0.25, 0.3) is 0 Å². The molecule has 2 heterocycles. The maximum absolute atomic E-state index is 12.5. The van der Waals surface area contributed by atoms with E-state index in [0.29, 0.717) is 12.6 Å². The Hall–Kier alpha value is -1.12. The first kappa shape index (κ1) is 13.3. The van der Waals surface area contributed by atoms with Crippen LogP contribution in [0.3, 0.4) is 0 Å². The van der Waals surface area contributed by atoms with E-state index in [4.69, 9.17) is 5.26 Å². The number of rotatable bonds is 3. The second kappa shape index (κ2) is 6.17. The highest BCUT2D eigenvalue weighted by molar-refractivity contribution is 5.82. The van der Waals surface area contributed by atoms with Gasteiger partial charge in [-0.15, -0.1) is 0 Å². The molecule has 0 aliphatic carbocycles. The van der Waals surface area contributed by atoms with Crippen LogP contribution in [0, 0.1) is 11.3 Å². The molecule has 0 radical (unpaired) electrons. The van der Waals surface area contributed by atoms with Gasteiger partial charge >= 0.3 is 0 Å². The topological polar surface area (TPSA) is 59.4 Å². The lowest BCUT2D eigenvalue weighted by Gasteiger charge is -2.34. The first-order valence-electron chi connectivity index (χ1n) is 6.82. The van der Waals surface area contributed by atoms with E-state index in [1.165, 1.54) is 0 Å². The second-order valence-corrected chi connectivity index (χ2v) is 5.22. The maximum atomic E-state index is 12.5. The third-order valence-corrected chi connectivity index (χ3v) is 4.13. The van der Waals surface area contributed by atoms with Crippen molar-refractivity contribution >= 4 is 5.91 Å². The molecule has 0 aromatic carbocycles. The van der Waals surface area contributed by atoms with Gasteiger partial charge in [0.15, 0.2) is 0 Å². The van der Waals surface area contributed by atoms with Crippen LogP contribution in [-0.4, -0.2) is 61.0 Å². The van der Waals surface area contributed by atoms with Crippen molar-refractivity contribution < 1.29 is 4.79 Å². The Kier molecular flexibility index (Phi) is 4.56. The summed E-state index contributed by atoms with van der Waals surface area (Å²) in [5.41, 5.74) is 0. The lowest BCUT2D eigenvalue weighted by molar-refractivity contribution is -0.137. The minimum atomic E-state index is -0.0652. The van der Waals surface area contributed by atoms with Crippen molar-refractivity contribution in [2.24, 2.45) is 0 Å². The van der Waals surface area contributed by atoms with E-state index in [2.05, 4.69) is 11.4 Å². The summed E-state index contributed by atoms with van der Waals surface area (Å²) in [5, 5.41) is 12.1. The van der Waals surface area contributed by atoms with Crippen LogP contribution in [0.25, 0.3) is 0 Å². The molecule has 2 rings (SSSR count). The summed E-state index contributed by atoms with van der Waals surface area (Å²) in [7, 11) is 1.92. The maximum Gasteiger partial charge on any atom is 0.239 e. The minimum Gasteiger partial charge on any atom is -0.341 e. The van der Waals surface area contributed by atoms with Gasteiger partial charge < -0.3 is 10.2 Å². The molecule has 100 valence electrons. The zero-order valence-corrected chi connectivity index (χ0v) is 11.1. The molecule has 0 aromatic heterocycles. The summed E-state index contributed by atoms with van der Waals surface area (Å²) in [6.45, 7) is 3.24. The highest BCUT2D eigenvalue weighted by Gasteiger charge is 2.34. The van der Waals surface area contributed by atoms with E-state index < -0.39 is 0 Å². The third kappa shape index (κ3) is 2.82. The van der Waals surface area contributed by atoms with E-state index in [9.17, 15) is 4.79 Å². The van der Waals surface area contributed by atoms with Crippen LogP contribution < -0.4 is 5.32 Å². The zero-order chi connectivity index (χ0) is 13.0. The Balaban J connectivity index is 1.94. The van der Waals surface area contributed by atoms with Crippen molar-refractivity contribution in [1.82, 2.24) is 15.1 Å². The monoisotopic (exact) mass is 250 g/mol. The number of hydrogen-bond acceptors (Lipinski definition) is 4. The van der Waals surface area contributed by atoms with E-state index in [1.807, 2.05) is 16.8 Å². The van der Waals surface area contributed by atoms with Crippen molar-refractivity contribution in [2.45, 2.75) is 37.8 Å². The van der Waals surface area contributed by atoms with Gasteiger partial charge in [-0.25, -0.2) is 0 Å². The molecule has 0 spiro atoms. The molecule has 0 aromatic rings. The number of likely N-dealkylation sites (N-methyl/N-ethyl adjacent to an activating group) is 1. The number of nitrogens with zero attached hydrogens (tertiary/aromatic N) is 3. The van der Waals surface area contributed by atoms with E-state index in [0.717, 1.165) is 45.3 Å². The summed E-state index contributed by atoms with van der Waals surface area (Å²) >= 11 is 0. The summed E-state index contributed by atoms with van der Waals surface area (Å²) in [4.78, 5) is 16.4. The molecular formula is C13H22N4O. The predicted molar refractivity (Wildman–Crippen MR) is 68.9 cm³/mol. The number of nitriles is 1. The number of likely N-dealkylation sites (tertiary alicyclic amines) is 1. The fraction of sp³-hybridized carbons (Fsp3) is 0.846. The molecule has 5 nitrogen and oxygen atoms in total. The Morgan fingerprint density at radius 2 is 2.17 bits per heavy atom. The number of piperidine rings is 1. The third-order valence-electron chi connectivity index (χ3n) is 4.13. The zero-order valence-electron chi connectivity index (χ0n) is 11.1. The lowest BCUT2D eigenvalue weighted by atomic mass is 10.0. The summed E-state index contributed by atoms with van der Waals surface area (Å²) in [6, 6.07) is 2.46. The quantitative estimate of drug-likeness (QED) is 0.726. The van der Waals surface area contributed by atoms with Crippen LogP contribution in [0.5, 0.6) is 0 Å². The Morgan fingerprint density at radius 3 is 2.83 bits per heavy atom. The molecule has 1 N–H and O–H groups in total. The summed E-state index contributed by atoms with van der Waals surface area (Å²) in [6.07, 6.45) is 3.99. The number of carbonyl (C=O) groups is 1. The molecule has 2 saturated heterocycles. The van der Waals surface area contributed by atoms with Gasteiger partial charge in [-0.3, -0.25) is 9.69 Å². The number of hydrogen-bond donors (Lipinski definition) is 1. The highest BCUT2D eigenvalue weighted by Crippen LogP contribution is 2.20. The fourth-order valence-electron chi connectivity index (χ4n) is 2.99. The number of amides is 1. The SMILES string of the molecule is CN(C(=O)C1CCCN1CC#N)C1CCNCC1. The molecule has 1 unspecified atom stereocenters. The van der Waals surface area contributed by atoms with Gasteiger partial charge in [-0.05, 0) is 38.8 Å². The molecule has 1 atom stereocenters. The largest absolute Gasteiger partial charge is 0.341 e. The van der Waals surface area contributed by atoms with Crippen molar-refractivity contribution in [3.05, 3.63) is 0 Å².